The Balaban J connectivity index is 2.07. The highest BCUT2D eigenvalue weighted by atomic mass is 35.5. The fourth-order valence-electron chi connectivity index (χ4n) is 2.59. The lowest BCUT2D eigenvalue weighted by atomic mass is 9.95. The molecule has 0 atom stereocenters. The van der Waals surface area contributed by atoms with Gasteiger partial charge in [0.15, 0.2) is 5.78 Å². The monoisotopic (exact) mass is 356 g/mol. The molecule has 2 aromatic carbocycles. The van der Waals surface area contributed by atoms with Crippen molar-refractivity contribution < 1.29 is 14.7 Å². The molecule has 0 amide bonds. The number of aliphatic carboxylic acids is 1. The number of hydrogen-bond acceptors (Lipinski definition) is 2. The Morgan fingerprint density at radius 3 is 2.48 bits per heavy atom. The molecule has 0 saturated carbocycles. The van der Waals surface area contributed by atoms with E-state index in [0.717, 1.165) is 24.0 Å². The topological polar surface area (TPSA) is 54.4 Å². The predicted molar refractivity (Wildman–Crippen MR) is 101 cm³/mol. The Labute approximate surface area is 153 Å². The van der Waals surface area contributed by atoms with Gasteiger partial charge in [0, 0.05) is 22.6 Å². The van der Waals surface area contributed by atoms with E-state index < -0.39 is 5.97 Å². The Hall–Kier alpha value is -2.39. The molecule has 2 rings (SSSR count). The number of unbranched alkanes of at least 4 members (excludes halogenated alkanes) is 2. The van der Waals surface area contributed by atoms with Crippen LogP contribution >= 0.6 is 11.6 Å². The summed E-state index contributed by atoms with van der Waals surface area (Å²) >= 11 is 5.88. The van der Waals surface area contributed by atoms with Crippen molar-refractivity contribution in [2.24, 2.45) is 0 Å². The third kappa shape index (κ3) is 5.57. The predicted octanol–water partition coefficient (Wildman–Crippen LogP) is 5.54. The zero-order chi connectivity index (χ0) is 18.2. The van der Waals surface area contributed by atoms with Gasteiger partial charge in [0.25, 0.3) is 0 Å². The van der Waals surface area contributed by atoms with Crippen LogP contribution in [0.15, 0.2) is 48.5 Å². The fraction of sp³-hybridized carbons (Fsp3) is 0.238. The van der Waals surface area contributed by atoms with Crippen molar-refractivity contribution in [2.75, 3.05) is 0 Å². The van der Waals surface area contributed by atoms with Crippen molar-refractivity contribution in [3.8, 4) is 0 Å². The first kappa shape index (κ1) is 18.9. The minimum Gasteiger partial charge on any atom is -0.481 e. The maximum atomic E-state index is 12.7. The van der Waals surface area contributed by atoms with Crippen LogP contribution in [0.1, 0.15) is 52.7 Å². The number of hydrogen-bond donors (Lipinski definition) is 1. The Morgan fingerprint density at radius 2 is 1.80 bits per heavy atom. The minimum atomic E-state index is -0.756. The highest BCUT2D eigenvalue weighted by Gasteiger charge is 2.12. The molecule has 0 heterocycles. The van der Waals surface area contributed by atoms with Crippen LogP contribution in [0.3, 0.4) is 0 Å². The highest BCUT2D eigenvalue weighted by molar-refractivity contribution is 6.30. The van der Waals surface area contributed by atoms with Crippen molar-refractivity contribution >= 4 is 29.4 Å². The van der Waals surface area contributed by atoms with Crippen LogP contribution in [0.5, 0.6) is 0 Å². The molecule has 0 saturated heterocycles. The number of allylic oxidation sites excluding steroid dienone is 1. The van der Waals surface area contributed by atoms with E-state index in [1.807, 2.05) is 37.3 Å². The molecule has 0 aliphatic rings. The van der Waals surface area contributed by atoms with Gasteiger partial charge in [-0.1, -0.05) is 42.0 Å². The number of carbonyl (C=O) groups is 2. The lowest BCUT2D eigenvalue weighted by Crippen LogP contribution is -2.04. The summed E-state index contributed by atoms with van der Waals surface area (Å²) in [4.78, 5) is 23.2. The Kier molecular flexibility index (Phi) is 6.96. The van der Waals surface area contributed by atoms with Gasteiger partial charge in [-0.15, -0.1) is 0 Å². The molecule has 0 unspecified atom stereocenters. The van der Waals surface area contributed by atoms with E-state index in [1.54, 1.807) is 24.3 Å². The van der Waals surface area contributed by atoms with Gasteiger partial charge in [0.2, 0.25) is 0 Å². The zero-order valence-corrected chi connectivity index (χ0v) is 14.9. The molecule has 0 radical (unpaired) electrons. The van der Waals surface area contributed by atoms with E-state index in [9.17, 15) is 9.59 Å². The van der Waals surface area contributed by atoms with E-state index >= 15 is 0 Å². The number of carboxylic acids is 1. The first-order chi connectivity index (χ1) is 12.0. The van der Waals surface area contributed by atoms with E-state index in [0.29, 0.717) is 22.6 Å². The van der Waals surface area contributed by atoms with Crippen LogP contribution < -0.4 is 0 Å². The van der Waals surface area contributed by atoms with E-state index in [1.165, 1.54) is 0 Å². The van der Waals surface area contributed by atoms with Gasteiger partial charge in [-0.05, 0) is 61.6 Å². The highest BCUT2D eigenvalue weighted by Crippen LogP contribution is 2.20. The minimum absolute atomic E-state index is 0.0223. The normalized spacial score (nSPS) is 11.0. The number of benzene rings is 2. The molecule has 0 aromatic heterocycles. The second kappa shape index (κ2) is 9.19. The van der Waals surface area contributed by atoms with Crippen molar-refractivity contribution in [3.05, 3.63) is 75.8 Å². The molecule has 4 heteroatoms. The first-order valence-electron chi connectivity index (χ1n) is 8.27. The summed E-state index contributed by atoms with van der Waals surface area (Å²) in [6.45, 7) is 1.94. The molecule has 3 nitrogen and oxygen atoms in total. The van der Waals surface area contributed by atoms with Crippen LogP contribution in [0.4, 0.5) is 0 Å². The number of rotatable bonds is 8. The van der Waals surface area contributed by atoms with Gasteiger partial charge >= 0.3 is 5.97 Å². The molecule has 0 fully saturated rings. The molecule has 25 heavy (non-hydrogen) atoms. The summed E-state index contributed by atoms with van der Waals surface area (Å²) in [6, 6.07) is 12.6. The average Bonchev–Trinajstić information content (AvgIpc) is 2.59. The Bertz CT molecular complexity index is 776. The maximum Gasteiger partial charge on any atom is 0.303 e. The average molecular weight is 357 g/mol. The summed E-state index contributed by atoms with van der Waals surface area (Å²) < 4.78 is 0. The second-order valence-electron chi connectivity index (χ2n) is 5.90. The fourth-order valence-corrected chi connectivity index (χ4v) is 2.71. The molecule has 0 aliphatic carbocycles. The van der Waals surface area contributed by atoms with Crippen molar-refractivity contribution in [2.45, 2.75) is 32.6 Å². The third-order valence-electron chi connectivity index (χ3n) is 4.04. The standard InChI is InChI=1S/C21H21ClO3/c1-15-16(7-4-2-3-5-10-20(23)24)8-6-9-19(15)21(25)17-11-13-18(22)14-12-17/h4,6-9,11-14H,2-3,5,10H2,1H3,(H,23,24). The van der Waals surface area contributed by atoms with Crippen molar-refractivity contribution in [1.29, 1.82) is 0 Å². The van der Waals surface area contributed by atoms with Crippen LogP contribution in [-0.4, -0.2) is 16.9 Å². The number of halogens is 1. The molecule has 0 bridgehead atoms. The SMILES string of the molecule is Cc1c(C=CCCCCC(=O)O)cccc1C(=O)c1ccc(Cl)cc1. The molecule has 1 N–H and O–H groups in total. The van der Waals surface area contributed by atoms with Crippen LogP contribution in [0, 0.1) is 6.92 Å². The smallest absolute Gasteiger partial charge is 0.303 e. The van der Waals surface area contributed by atoms with E-state index in [4.69, 9.17) is 16.7 Å². The second-order valence-corrected chi connectivity index (χ2v) is 6.33. The van der Waals surface area contributed by atoms with Crippen molar-refractivity contribution in [3.63, 3.8) is 0 Å². The van der Waals surface area contributed by atoms with Crippen LogP contribution in [0.2, 0.25) is 5.02 Å². The summed E-state index contributed by atoms with van der Waals surface area (Å²) in [7, 11) is 0. The molecule has 0 aliphatic heterocycles. The van der Waals surface area contributed by atoms with Gasteiger partial charge in [0.1, 0.15) is 0 Å². The Morgan fingerprint density at radius 1 is 1.08 bits per heavy atom. The van der Waals surface area contributed by atoms with Gasteiger partial charge in [-0.25, -0.2) is 0 Å². The third-order valence-corrected chi connectivity index (χ3v) is 4.29. The first-order valence-corrected chi connectivity index (χ1v) is 8.65. The number of carbonyl (C=O) groups excluding carboxylic acids is 1. The van der Waals surface area contributed by atoms with Crippen LogP contribution in [0.25, 0.3) is 6.08 Å². The lowest BCUT2D eigenvalue weighted by molar-refractivity contribution is -0.137. The summed E-state index contributed by atoms with van der Waals surface area (Å²) in [5.74, 6) is -0.779. The van der Waals surface area contributed by atoms with Gasteiger partial charge in [-0.2, -0.15) is 0 Å². The zero-order valence-electron chi connectivity index (χ0n) is 14.2. The van der Waals surface area contributed by atoms with E-state index in [2.05, 4.69) is 0 Å². The number of carboxylic acid groups (broad SMARTS) is 1. The largest absolute Gasteiger partial charge is 0.481 e. The van der Waals surface area contributed by atoms with Gasteiger partial charge in [0.05, 0.1) is 0 Å². The van der Waals surface area contributed by atoms with Gasteiger partial charge < -0.3 is 5.11 Å². The summed E-state index contributed by atoms with van der Waals surface area (Å²) in [6.07, 6.45) is 6.56. The maximum absolute atomic E-state index is 12.7. The molecule has 0 spiro atoms. The quantitative estimate of drug-likeness (QED) is 0.499. The van der Waals surface area contributed by atoms with Gasteiger partial charge in [-0.3, -0.25) is 9.59 Å². The molecule has 2 aromatic rings. The van der Waals surface area contributed by atoms with Crippen LogP contribution in [-0.2, 0) is 4.79 Å². The lowest BCUT2D eigenvalue weighted by Gasteiger charge is -2.08. The summed E-state index contributed by atoms with van der Waals surface area (Å²) in [5, 5.41) is 9.22. The summed E-state index contributed by atoms with van der Waals surface area (Å²) in [5.41, 5.74) is 3.22. The van der Waals surface area contributed by atoms with Crippen molar-refractivity contribution in [1.82, 2.24) is 0 Å². The number of ketones is 1. The molecular formula is C21H21ClO3. The van der Waals surface area contributed by atoms with E-state index in [-0.39, 0.29) is 12.2 Å². The molecular weight excluding hydrogens is 336 g/mol. The molecule has 130 valence electrons.